The van der Waals surface area contributed by atoms with Crippen LogP contribution in [0.15, 0.2) is 66.7 Å². The lowest BCUT2D eigenvalue weighted by Crippen LogP contribution is -2.30. The van der Waals surface area contributed by atoms with Crippen LogP contribution in [0, 0.1) is 13.8 Å². The fourth-order valence-corrected chi connectivity index (χ4v) is 4.42. The van der Waals surface area contributed by atoms with E-state index in [9.17, 15) is 13.2 Å². The molecule has 0 radical (unpaired) electrons. The molecule has 8 heteroatoms. The van der Waals surface area contributed by atoms with Crippen LogP contribution in [0.25, 0.3) is 0 Å². The summed E-state index contributed by atoms with van der Waals surface area (Å²) < 4.78 is 37.1. The molecule has 0 aliphatic carbocycles. The Bertz CT molecular complexity index is 1220. The Morgan fingerprint density at radius 3 is 2.21 bits per heavy atom. The van der Waals surface area contributed by atoms with Crippen molar-refractivity contribution in [2.24, 2.45) is 0 Å². The molecule has 0 aliphatic heterocycles. The zero-order valence-corrected chi connectivity index (χ0v) is 20.7. The average molecular weight is 483 g/mol. The number of amides is 1. The number of carbonyl (C=O) groups is 1. The van der Waals surface area contributed by atoms with Crippen molar-refractivity contribution in [1.29, 1.82) is 0 Å². The number of rotatable bonds is 10. The van der Waals surface area contributed by atoms with Crippen LogP contribution in [0.2, 0.25) is 0 Å². The Morgan fingerprint density at radius 2 is 1.59 bits per heavy atom. The third kappa shape index (κ3) is 6.99. The molecule has 0 bridgehead atoms. The molecule has 3 aromatic rings. The van der Waals surface area contributed by atoms with E-state index in [-0.39, 0.29) is 12.5 Å². The van der Waals surface area contributed by atoms with Gasteiger partial charge in [-0.05, 0) is 66.9 Å². The maximum absolute atomic E-state index is 12.5. The van der Waals surface area contributed by atoms with E-state index in [0.717, 1.165) is 16.7 Å². The minimum atomic E-state index is -3.49. The monoisotopic (exact) mass is 482 g/mol. The summed E-state index contributed by atoms with van der Waals surface area (Å²) in [6, 6.07) is 19.9. The van der Waals surface area contributed by atoms with Gasteiger partial charge >= 0.3 is 0 Å². The highest BCUT2D eigenvalue weighted by Gasteiger charge is 2.19. The molecule has 180 valence electrons. The summed E-state index contributed by atoms with van der Waals surface area (Å²) in [6.07, 6.45) is 1.19. The second-order valence-electron chi connectivity index (χ2n) is 8.10. The molecule has 3 rings (SSSR count). The van der Waals surface area contributed by atoms with Crippen LogP contribution < -0.4 is 19.1 Å². The predicted molar refractivity (Wildman–Crippen MR) is 134 cm³/mol. The summed E-state index contributed by atoms with van der Waals surface area (Å²) in [6.45, 7) is 4.71. The van der Waals surface area contributed by atoms with Gasteiger partial charge in [-0.2, -0.15) is 0 Å². The first-order valence-corrected chi connectivity index (χ1v) is 12.7. The molecule has 0 heterocycles. The zero-order chi connectivity index (χ0) is 24.7. The number of nitrogens with zero attached hydrogens (tertiary/aromatic N) is 1. The smallest absolute Gasteiger partial charge is 0.251 e. The number of sulfonamides is 1. The number of anilines is 1. The molecular weight excluding hydrogens is 452 g/mol. The lowest BCUT2D eigenvalue weighted by molar-refractivity contribution is 0.0947. The topological polar surface area (TPSA) is 84.9 Å². The van der Waals surface area contributed by atoms with Gasteiger partial charge < -0.3 is 14.8 Å². The first kappa shape index (κ1) is 25.1. The number of hydrogen-bond donors (Lipinski definition) is 1. The second-order valence-corrected chi connectivity index (χ2v) is 10.0. The van der Waals surface area contributed by atoms with Gasteiger partial charge in [-0.3, -0.25) is 9.10 Å². The molecule has 0 aromatic heterocycles. The number of benzene rings is 3. The highest BCUT2D eigenvalue weighted by atomic mass is 32.2. The summed E-state index contributed by atoms with van der Waals surface area (Å²) in [5.41, 5.74) is 3.87. The van der Waals surface area contributed by atoms with E-state index in [1.807, 2.05) is 50.2 Å². The number of ether oxygens (including phenoxy) is 2. The Morgan fingerprint density at radius 1 is 0.941 bits per heavy atom. The van der Waals surface area contributed by atoms with Crippen molar-refractivity contribution in [2.45, 2.75) is 20.4 Å². The van der Waals surface area contributed by atoms with Crippen molar-refractivity contribution in [2.75, 3.05) is 30.8 Å². The van der Waals surface area contributed by atoms with E-state index in [1.165, 1.54) is 10.6 Å². The van der Waals surface area contributed by atoms with Crippen molar-refractivity contribution < 1.29 is 22.7 Å². The number of aryl methyl sites for hydroxylation is 2. The maximum Gasteiger partial charge on any atom is 0.251 e. The molecule has 0 saturated carbocycles. The van der Waals surface area contributed by atoms with Crippen molar-refractivity contribution in [3.8, 4) is 11.5 Å². The van der Waals surface area contributed by atoms with E-state index in [4.69, 9.17) is 9.47 Å². The SMILES string of the molecule is COc1cccc(OCCNC(=O)c2ccc(CN(c3cc(C)cc(C)c3)S(C)(=O)=O)cc2)c1. The Hall–Kier alpha value is -3.52. The highest BCUT2D eigenvalue weighted by molar-refractivity contribution is 7.92. The minimum absolute atomic E-state index is 0.179. The summed E-state index contributed by atoms with van der Waals surface area (Å²) in [7, 11) is -1.90. The van der Waals surface area contributed by atoms with Crippen LogP contribution in [0.1, 0.15) is 27.0 Å². The molecule has 3 aromatic carbocycles. The van der Waals surface area contributed by atoms with Gasteiger partial charge in [-0.15, -0.1) is 0 Å². The molecule has 0 unspecified atom stereocenters. The van der Waals surface area contributed by atoms with Crippen LogP contribution in [0.4, 0.5) is 5.69 Å². The van der Waals surface area contributed by atoms with Crippen LogP contribution in [-0.2, 0) is 16.6 Å². The van der Waals surface area contributed by atoms with E-state index < -0.39 is 10.0 Å². The Labute approximate surface area is 201 Å². The number of carbonyl (C=O) groups excluding carboxylic acids is 1. The molecular formula is C26H30N2O5S. The molecule has 0 spiro atoms. The van der Waals surface area contributed by atoms with Gasteiger partial charge in [-0.1, -0.05) is 24.3 Å². The molecule has 1 amide bonds. The second kappa shape index (κ2) is 11.1. The molecule has 34 heavy (non-hydrogen) atoms. The fourth-order valence-electron chi connectivity index (χ4n) is 3.55. The fraction of sp³-hybridized carbons (Fsp3) is 0.269. The van der Waals surface area contributed by atoms with Gasteiger partial charge in [-0.25, -0.2) is 8.42 Å². The summed E-state index contributed by atoms with van der Waals surface area (Å²) in [5, 5.41) is 2.82. The quantitative estimate of drug-likeness (QED) is 0.440. The van der Waals surface area contributed by atoms with Gasteiger partial charge in [0.05, 0.1) is 32.1 Å². The third-order valence-corrected chi connectivity index (χ3v) is 6.28. The van der Waals surface area contributed by atoms with Crippen LogP contribution in [0.3, 0.4) is 0 Å². The first-order valence-electron chi connectivity index (χ1n) is 10.9. The Balaban J connectivity index is 1.59. The van der Waals surface area contributed by atoms with Crippen LogP contribution in [0.5, 0.6) is 11.5 Å². The first-order chi connectivity index (χ1) is 16.2. The third-order valence-electron chi connectivity index (χ3n) is 5.13. The van der Waals surface area contributed by atoms with Crippen LogP contribution in [-0.4, -0.2) is 40.8 Å². The van der Waals surface area contributed by atoms with Crippen molar-refractivity contribution in [3.05, 3.63) is 89.0 Å². The minimum Gasteiger partial charge on any atom is -0.497 e. The molecule has 0 saturated heterocycles. The standard InChI is InChI=1S/C26H30N2O5S/c1-19-14-20(2)16-23(15-19)28(34(4,30)31)18-21-8-10-22(11-9-21)26(29)27-12-13-33-25-7-5-6-24(17-25)32-3/h5-11,14-17H,12-13,18H2,1-4H3,(H,27,29). The van der Waals surface area contributed by atoms with Gasteiger partial charge in [0.15, 0.2) is 0 Å². The zero-order valence-electron chi connectivity index (χ0n) is 19.9. The van der Waals surface area contributed by atoms with Crippen molar-refractivity contribution >= 4 is 21.6 Å². The summed E-state index contributed by atoms with van der Waals surface area (Å²) >= 11 is 0. The molecule has 0 atom stereocenters. The summed E-state index contributed by atoms with van der Waals surface area (Å²) in [5.74, 6) is 1.14. The van der Waals surface area contributed by atoms with E-state index in [0.29, 0.717) is 35.9 Å². The maximum atomic E-state index is 12.5. The van der Waals surface area contributed by atoms with Crippen molar-refractivity contribution in [1.82, 2.24) is 5.32 Å². The van der Waals surface area contributed by atoms with Crippen molar-refractivity contribution in [3.63, 3.8) is 0 Å². The largest absolute Gasteiger partial charge is 0.497 e. The predicted octanol–water partition coefficient (Wildman–Crippen LogP) is 4.09. The molecule has 1 N–H and O–H groups in total. The van der Waals surface area contributed by atoms with Gasteiger partial charge in [0.1, 0.15) is 18.1 Å². The van der Waals surface area contributed by atoms with Gasteiger partial charge in [0.2, 0.25) is 10.0 Å². The van der Waals surface area contributed by atoms with E-state index in [1.54, 1.807) is 37.4 Å². The van der Waals surface area contributed by atoms with Gasteiger partial charge in [0.25, 0.3) is 5.91 Å². The van der Waals surface area contributed by atoms with E-state index in [2.05, 4.69) is 5.32 Å². The van der Waals surface area contributed by atoms with E-state index >= 15 is 0 Å². The van der Waals surface area contributed by atoms with Gasteiger partial charge in [0, 0.05) is 11.6 Å². The number of methoxy groups -OCH3 is 1. The van der Waals surface area contributed by atoms with Crippen LogP contribution >= 0.6 is 0 Å². The number of hydrogen-bond acceptors (Lipinski definition) is 5. The molecule has 0 aliphatic rings. The molecule has 0 fully saturated rings. The highest BCUT2D eigenvalue weighted by Crippen LogP contribution is 2.24. The summed E-state index contributed by atoms with van der Waals surface area (Å²) in [4.78, 5) is 12.5. The lowest BCUT2D eigenvalue weighted by atomic mass is 10.1. The molecule has 7 nitrogen and oxygen atoms in total. The normalized spacial score (nSPS) is 11.1. The Kier molecular flexibility index (Phi) is 8.17. The number of nitrogens with one attached hydrogen (secondary N) is 1. The average Bonchev–Trinajstić information content (AvgIpc) is 2.79. The lowest BCUT2D eigenvalue weighted by Gasteiger charge is -2.23.